The van der Waals surface area contributed by atoms with Gasteiger partial charge in [-0.05, 0) is 88.5 Å². The molecule has 4 unspecified atom stereocenters. The van der Waals surface area contributed by atoms with Gasteiger partial charge in [0.2, 0.25) is 5.91 Å². The molecule has 3 aliphatic rings. The van der Waals surface area contributed by atoms with Crippen LogP contribution in [0.15, 0.2) is 58.8 Å². The van der Waals surface area contributed by atoms with Crippen LogP contribution in [0.2, 0.25) is 0 Å². The Morgan fingerprint density at radius 3 is 2.67 bits per heavy atom. The van der Waals surface area contributed by atoms with E-state index in [0.29, 0.717) is 22.7 Å². The zero-order chi connectivity index (χ0) is 30.0. The van der Waals surface area contributed by atoms with Crippen molar-refractivity contribution in [1.82, 2.24) is 20.0 Å². The van der Waals surface area contributed by atoms with Gasteiger partial charge in [-0.1, -0.05) is 18.2 Å². The maximum Gasteiger partial charge on any atom is 0.242 e. The van der Waals surface area contributed by atoms with Gasteiger partial charge in [0.05, 0.1) is 34.4 Å². The normalized spacial score (nSPS) is 24.1. The van der Waals surface area contributed by atoms with Crippen molar-refractivity contribution in [2.45, 2.75) is 56.3 Å². The van der Waals surface area contributed by atoms with Gasteiger partial charge in [0.25, 0.3) is 0 Å². The minimum atomic E-state index is -3.47. The minimum Gasteiger partial charge on any atom is -0.373 e. The fraction of sp³-hybridized carbons (Fsp3) is 0.500. The third kappa shape index (κ3) is 7.01. The molecule has 43 heavy (non-hydrogen) atoms. The summed E-state index contributed by atoms with van der Waals surface area (Å²) >= 11 is 1.76. The number of carbonyl (C=O) groups is 1. The predicted molar refractivity (Wildman–Crippen MR) is 173 cm³/mol. The number of nitrogens with one attached hydrogen (secondary N) is 2. The molecule has 6 rings (SSSR count). The summed E-state index contributed by atoms with van der Waals surface area (Å²) in [5, 5.41) is 13.7. The number of H-pyrrole nitrogens is 1. The van der Waals surface area contributed by atoms with E-state index in [4.69, 9.17) is 4.74 Å². The molecule has 0 bridgehead atoms. The Morgan fingerprint density at radius 1 is 1.14 bits per heavy atom. The maximum atomic E-state index is 13.6. The summed E-state index contributed by atoms with van der Waals surface area (Å²) in [6.45, 7) is 8.38. The van der Waals surface area contributed by atoms with E-state index in [2.05, 4.69) is 50.6 Å². The fourth-order valence-electron chi connectivity index (χ4n) is 6.65. The zero-order valence-corrected chi connectivity index (χ0v) is 26.5. The molecule has 3 aromatic rings. The van der Waals surface area contributed by atoms with Gasteiger partial charge >= 0.3 is 0 Å². The monoisotopic (exact) mass is 623 g/mol. The molecule has 0 radical (unpaired) electrons. The molecule has 2 fully saturated rings. The highest BCUT2D eigenvalue weighted by atomic mass is 32.2. The van der Waals surface area contributed by atoms with Crippen LogP contribution in [0.4, 0.5) is 5.69 Å². The number of thioether (sulfide) groups is 1. The van der Waals surface area contributed by atoms with Crippen LogP contribution >= 0.6 is 11.8 Å². The number of amides is 1. The molecule has 0 aliphatic carbocycles. The van der Waals surface area contributed by atoms with Crippen molar-refractivity contribution in [3.8, 4) is 11.3 Å². The van der Waals surface area contributed by atoms with Crippen LogP contribution in [-0.2, 0) is 19.4 Å². The Balaban J connectivity index is 1.17. The lowest BCUT2D eigenvalue weighted by molar-refractivity contribution is -0.122. The van der Waals surface area contributed by atoms with E-state index in [0.717, 1.165) is 67.8 Å². The number of fused-ring (bicyclic) bond motifs is 1. The number of nitrogens with zero attached hydrogens (tertiary/aromatic N) is 3. The molecule has 0 spiro atoms. The summed E-state index contributed by atoms with van der Waals surface area (Å²) in [5.74, 6) is 1.21. The first-order valence-electron chi connectivity index (χ1n) is 15.3. The number of carbonyl (C=O) groups excluding carboxylic acids is 1. The standard InChI is InChI=1S/C32H41N5O4S2/c1-22-19-36(20-23(2)41-22)12-6-16-43(39,40)27-8-5-7-24(17-27)30-28-18-26(9-10-29(28)34-35-30)33-32(38)31(25-11-15-42-21-25)37-13-3-4-14-37/h5,7-11,15,17-18,22-23,25,31H,3-4,6,12-14,16,19-21H2,1-2H3,(H,33,38)(H,34,35). The SMILES string of the molecule is CC1CN(CCCS(=O)(=O)c2cccc(-c3n[nH]c4ccc(NC(=O)C(C5C=CSC5)N5CCCC5)cc34)c2)CC(C)O1. The molecule has 4 heterocycles. The first-order chi connectivity index (χ1) is 20.8. The molecule has 9 nitrogen and oxygen atoms in total. The summed E-state index contributed by atoms with van der Waals surface area (Å²) in [5.41, 5.74) is 2.90. The molecular weight excluding hydrogens is 583 g/mol. The van der Waals surface area contributed by atoms with Gasteiger partial charge in [-0.15, -0.1) is 11.8 Å². The van der Waals surface area contributed by atoms with Crippen molar-refractivity contribution in [3.05, 3.63) is 53.9 Å². The number of morpholine rings is 1. The molecule has 2 aromatic carbocycles. The predicted octanol–water partition coefficient (Wildman–Crippen LogP) is 4.78. The van der Waals surface area contributed by atoms with Crippen LogP contribution in [0.1, 0.15) is 33.1 Å². The Hall–Kier alpha value is -2.70. The maximum absolute atomic E-state index is 13.6. The first-order valence-corrected chi connectivity index (χ1v) is 18.0. The summed E-state index contributed by atoms with van der Waals surface area (Å²) in [7, 11) is -3.47. The van der Waals surface area contributed by atoms with Gasteiger partial charge in [0.15, 0.2) is 9.84 Å². The Kier molecular flexibility index (Phi) is 9.25. The van der Waals surface area contributed by atoms with Crippen LogP contribution in [0.3, 0.4) is 0 Å². The second-order valence-electron chi connectivity index (χ2n) is 12.1. The molecule has 1 amide bonds. The number of benzene rings is 2. The molecule has 1 aromatic heterocycles. The van der Waals surface area contributed by atoms with E-state index >= 15 is 0 Å². The van der Waals surface area contributed by atoms with Crippen molar-refractivity contribution >= 4 is 44.1 Å². The van der Waals surface area contributed by atoms with Crippen molar-refractivity contribution in [3.63, 3.8) is 0 Å². The summed E-state index contributed by atoms with van der Waals surface area (Å²) in [4.78, 5) is 18.5. The lowest BCUT2D eigenvalue weighted by Gasteiger charge is -2.35. The van der Waals surface area contributed by atoms with Gasteiger partial charge in [0.1, 0.15) is 5.69 Å². The van der Waals surface area contributed by atoms with Gasteiger partial charge in [-0.3, -0.25) is 19.7 Å². The van der Waals surface area contributed by atoms with Crippen molar-refractivity contribution in [2.24, 2.45) is 5.92 Å². The number of rotatable bonds is 10. The highest BCUT2D eigenvalue weighted by molar-refractivity contribution is 8.02. The summed E-state index contributed by atoms with van der Waals surface area (Å²) in [6.07, 6.45) is 5.29. The lowest BCUT2D eigenvalue weighted by Crippen LogP contribution is -2.47. The van der Waals surface area contributed by atoms with Crippen LogP contribution in [0.25, 0.3) is 22.2 Å². The number of hydrogen-bond donors (Lipinski definition) is 2. The molecule has 11 heteroatoms. The topological polar surface area (TPSA) is 108 Å². The molecule has 4 atom stereocenters. The molecule has 2 N–H and O–H groups in total. The quantitative estimate of drug-likeness (QED) is 0.332. The summed E-state index contributed by atoms with van der Waals surface area (Å²) in [6, 6.07) is 12.6. The highest BCUT2D eigenvalue weighted by Gasteiger charge is 2.35. The summed E-state index contributed by atoms with van der Waals surface area (Å²) < 4.78 is 32.4. The fourth-order valence-corrected chi connectivity index (χ4v) is 8.93. The average molecular weight is 624 g/mol. The average Bonchev–Trinajstić information content (AvgIpc) is 3.76. The first kappa shape index (κ1) is 30.3. The number of aromatic nitrogens is 2. The number of aromatic amines is 1. The number of anilines is 1. The van der Waals surface area contributed by atoms with Crippen molar-refractivity contribution in [1.29, 1.82) is 0 Å². The van der Waals surface area contributed by atoms with Crippen LogP contribution in [0, 0.1) is 5.92 Å². The number of likely N-dealkylation sites (tertiary alicyclic amines) is 1. The molecular formula is C32H41N5O4S2. The van der Waals surface area contributed by atoms with Crippen molar-refractivity contribution in [2.75, 3.05) is 49.5 Å². The Labute approximate surface area is 258 Å². The highest BCUT2D eigenvalue weighted by Crippen LogP contribution is 2.32. The molecule has 0 saturated carbocycles. The molecule has 230 valence electrons. The van der Waals surface area contributed by atoms with Crippen LogP contribution in [0.5, 0.6) is 0 Å². The van der Waals surface area contributed by atoms with Gasteiger partial charge < -0.3 is 10.1 Å². The van der Waals surface area contributed by atoms with Crippen LogP contribution in [-0.4, -0.2) is 96.8 Å². The van der Waals surface area contributed by atoms with E-state index < -0.39 is 9.84 Å². The lowest BCUT2D eigenvalue weighted by atomic mass is 9.99. The van der Waals surface area contributed by atoms with E-state index in [1.54, 1.807) is 30.0 Å². The van der Waals surface area contributed by atoms with E-state index in [1.807, 2.05) is 24.3 Å². The van der Waals surface area contributed by atoms with E-state index in [9.17, 15) is 13.2 Å². The third-order valence-electron chi connectivity index (χ3n) is 8.60. The molecule has 2 saturated heterocycles. The third-order valence-corrected chi connectivity index (χ3v) is 11.3. The Morgan fingerprint density at radius 2 is 1.93 bits per heavy atom. The van der Waals surface area contributed by atoms with Crippen LogP contribution < -0.4 is 5.32 Å². The van der Waals surface area contributed by atoms with E-state index in [-0.39, 0.29) is 35.8 Å². The van der Waals surface area contributed by atoms with Gasteiger partial charge in [-0.25, -0.2) is 8.42 Å². The van der Waals surface area contributed by atoms with Gasteiger partial charge in [0, 0.05) is 41.4 Å². The van der Waals surface area contributed by atoms with Crippen molar-refractivity contribution < 1.29 is 17.9 Å². The minimum absolute atomic E-state index is 0.0116. The molecule has 3 aliphatic heterocycles. The van der Waals surface area contributed by atoms with Gasteiger partial charge in [-0.2, -0.15) is 5.10 Å². The number of ether oxygens (including phenoxy) is 1. The largest absolute Gasteiger partial charge is 0.373 e. The smallest absolute Gasteiger partial charge is 0.242 e. The zero-order valence-electron chi connectivity index (χ0n) is 24.9. The Bertz CT molecular complexity index is 1570. The number of hydrogen-bond acceptors (Lipinski definition) is 8. The number of sulfone groups is 1. The second-order valence-corrected chi connectivity index (χ2v) is 15.1. The second kappa shape index (κ2) is 13.1. The van der Waals surface area contributed by atoms with E-state index in [1.165, 1.54) is 0 Å².